The number of carbonyl (C=O) groups is 2. The molecule has 0 saturated carbocycles. The highest BCUT2D eigenvalue weighted by Crippen LogP contribution is 2.29. The predicted molar refractivity (Wildman–Crippen MR) is 153 cm³/mol. The summed E-state index contributed by atoms with van der Waals surface area (Å²) in [7, 11) is 0. The minimum atomic E-state index is -0.201. The van der Waals surface area contributed by atoms with E-state index in [0.717, 1.165) is 40.9 Å². The fourth-order valence-electron chi connectivity index (χ4n) is 4.54. The van der Waals surface area contributed by atoms with Gasteiger partial charge in [0.2, 0.25) is 11.8 Å². The van der Waals surface area contributed by atoms with Gasteiger partial charge in [0.1, 0.15) is 5.82 Å². The van der Waals surface area contributed by atoms with Crippen molar-refractivity contribution in [3.8, 4) is 11.5 Å². The Balaban J connectivity index is 1.24. The van der Waals surface area contributed by atoms with Gasteiger partial charge in [0.25, 0.3) is 0 Å². The zero-order valence-corrected chi connectivity index (χ0v) is 23.0. The van der Waals surface area contributed by atoms with Crippen molar-refractivity contribution in [2.24, 2.45) is 0 Å². The van der Waals surface area contributed by atoms with Crippen molar-refractivity contribution in [1.29, 1.82) is 0 Å². The molecule has 0 spiro atoms. The van der Waals surface area contributed by atoms with Crippen LogP contribution >= 0.6 is 0 Å². The van der Waals surface area contributed by atoms with E-state index in [1.54, 1.807) is 0 Å². The quantitative estimate of drug-likeness (QED) is 0.358. The van der Waals surface area contributed by atoms with Crippen LogP contribution < -0.4 is 25.0 Å². The number of nitrogens with zero attached hydrogens (tertiary/aromatic N) is 2. The van der Waals surface area contributed by atoms with Crippen LogP contribution in [-0.2, 0) is 20.7 Å². The van der Waals surface area contributed by atoms with Gasteiger partial charge in [0.05, 0.1) is 31.9 Å². The fourth-order valence-corrected chi connectivity index (χ4v) is 4.54. The maximum absolute atomic E-state index is 12.5. The van der Waals surface area contributed by atoms with Gasteiger partial charge in [-0.05, 0) is 74.7 Å². The van der Waals surface area contributed by atoms with E-state index < -0.39 is 0 Å². The molecule has 2 amide bonds. The SMILES string of the molecule is CCOc1ccc(CCNC(=O)CCC(=O)Nc2ccc3nc(N4CCOCC4)cc(C)c3c2)cc1OCC. The molecule has 1 aromatic heterocycles. The Labute approximate surface area is 229 Å². The van der Waals surface area contributed by atoms with E-state index >= 15 is 0 Å². The summed E-state index contributed by atoms with van der Waals surface area (Å²) in [4.78, 5) is 31.9. The molecule has 3 aromatic rings. The van der Waals surface area contributed by atoms with Crippen LogP contribution in [0.1, 0.15) is 37.8 Å². The van der Waals surface area contributed by atoms with Crippen molar-refractivity contribution in [3.63, 3.8) is 0 Å². The summed E-state index contributed by atoms with van der Waals surface area (Å²) in [6.45, 7) is 10.6. The number of hydrogen-bond donors (Lipinski definition) is 2. The monoisotopic (exact) mass is 534 g/mol. The fraction of sp³-hybridized carbons (Fsp3) is 0.433. The highest BCUT2D eigenvalue weighted by Gasteiger charge is 2.15. The van der Waals surface area contributed by atoms with E-state index in [1.165, 1.54) is 0 Å². The Morgan fingerprint density at radius 3 is 2.46 bits per heavy atom. The number of carbonyl (C=O) groups excluding carboxylic acids is 2. The molecule has 9 heteroatoms. The Morgan fingerprint density at radius 1 is 0.949 bits per heavy atom. The third-order valence-electron chi connectivity index (χ3n) is 6.54. The predicted octanol–water partition coefficient (Wildman–Crippen LogP) is 4.25. The average molecular weight is 535 g/mol. The minimum Gasteiger partial charge on any atom is -0.490 e. The normalized spacial score (nSPS) is 13.3. The van der Waals surface area contributed by atoms with Gasteiger partial charge >= 0.3 is 0 Å². The maximum Gasteiger partial charge on any atom is 0.224 e. The molecule has 1 aliphatic heterocycles. The number of hydrogen-bond acceptors (Lipinski definition) is 7. The number of nitrogens with one attached hydrogen (secondary N) is 2. The summed E-state index contributed by atoms with van der Waals surface area (Å²) in [5.74, 6) is 2.01. The molecule has 0 aliphatic carbocycles. The maximum atomic E-state index is 12.5. The zero-order valence-electron chi connectivity index (χ0n) is 23.0. The molecule has 2 aromatic carbocycles. The first-order valence-electron chi connectivity index (χ1n) is 13.7. The molecular weight excluding hydrogens is 496 g/mol. The van der Waals surface area contributed by atoms with E-state index in [2.05, 4.69) is 28.5 Å². The number of fused-ring (bicyclic) bond motifs is 1. The van der Waals surface area contributed by atoms with Crippen LogP contribution in [0.4, 0.5) is 11.5 Å². The lowest BCUT2D eigenvalue weighted by molar-refractivity contribution is -0.124. The van der Waals surface area contributed by atoms with Gasteiger partial charge in [-0.3, -0.25) is 9.59 Å². The van der Waals surface area contributed by atoms with Crippen LogP contribution in [0.15, 0.2) is 42.5 Å². The Bertz CT molecular complexity index is 1290. The van der Waals surface area contributed by atoms with Gasteiger partial charge in [0.15, 0.2) is 11.5 Å². The first kappa shape index (κ1) is 28.2. The second kappa shape index (κ2) is 13.8. The molecule has 2 heterocycles. The molecular formula is C30H38N4O5. The molecule has 0 radical (unpaired) electrons. The minimum absolute atomic E-state index is 0.106. The lowest BCUT2D eigenvalue weighted by atomic mass is 10.1. The lowest BCUT2D eigenvalue weighted by Crippen LogP contribution is -2.36. The van der Waals surface area contributed by atoms with Gasteiger partial charge in [-0.25, -0.2) is 4.98 Å². The summed E-state index contributed by atoms with van der Waals surface area (Å²) < 4.78 is 16.7. The smallest absolute Gasteiger partial charge is 0.224 e. The van der Waals surface area contributed by atoms with Crippen molar-refractivity contribution in [1.82, 2.24) is 10.3 Å². The summed E-state index contributed by atoms with van der Waals surface area (Å²) >= 11 is 0. The van der Waals surface area contributed by atoms with Crippen molar-refractivity contribution >= 4 is 34.2 Å². The molecule has 39 heavy (non-hydrogen) atoms. The average Bonchev–Trinajstić information content (AvgIpc) is 2.94. The van der Waals surface area contributed by atoms with Crippen LogP contribution in [-0.4, -0.2) is 62.9 Å². The molecule has 0 atom stereocenters. The van der Waals surface area contributed by atoms with Crippen LogP contribution in [0, 0.1) is 6.92 Å². The largest absolute Gasteiger partial charge is 0.490 e. The number of ether oxygens (including phenoxy) is 3. The molecule has 208 valence electrons. The molecule has 1 aliphatic rings. The molecule has 1 fully saturated rings. The van der Waals surface area contributed by atoms with E-state index in [9.17, 15) is 9.59 Å². The third kappa shape index (κ3) is 7.83. The first-order valence-corrected chi connectivity index (χ1v) is 13.7. The highest BCUT2D eigenvalue weighted by molar-refractivity contribution is 5.96. The van der Waals surface area contributed by atoms with Gasteiger partial charge in [-0.1, -0.05) is 6.07 Å². The molecule has 1 saturated heterocycles. The van der Waals surface area contributed by atoms with E-state index in [1.807, 2.05) is 50.2 Å². The van der Waals surface area contributed by atoms with Gasteiger partial charge in [-0.2, -0.15) is 0 Å². The number of benzene rings is 2. The number of aromatic nitrogens is 1. The Morgan fingerprint density at radius 2 is 1.69 bits per heavy atom. The number of rotatable bonds is 12. The van der Waals surface area contributed by atoms with E-state index in [4.69, 9.17) is 19.2 Å². The summed E-state index contributed by atoms with van der Waals surface area (Å²) in [6.07, 6.45) is 0.882. The van der Waals surface area contributed by atoms with Crippen molar-refractivity contribution in [2.45, 2.75) is 40.0 Å². The second-order valence-corrected chi connectivity index (χ2v) is 9.42. The second-order valence-electron chi connectivity index (χ2n) is 9.42. The molecule has 0 bridgehead atoms. The lowest BCUT2D eigenvalue weighted by Gasteiger charge is -2.28. The standard InChI is InChI=1S/C30H38N4O5/c1-4-38-26-9-6-22(19-27(26)39-5-2)12-13-31-29(35)10-11-30(36)32-23-7-8-25-24(20-23)21(3)18-28(33-25)34-14-16-37-17-15-34/h6-9,18-20H,4-5,10-17H2,1-3H3,(H,31,35)(H,32,36). The van der Waals surface area contributed by atoms with Crippen LogP contribution in [0.5, 0.6) is 11.5 Å². The van der Waals surface area contributed by atoms with Crippen LogP contribution in [0.25, 0.3) is 10.9 Å². The zero-order chi connectivity index (χ0) is 27.6. The van der Waals surface area contributed by atoms with Gasteiger partial charge in [0, 0.05) is 43.5 Å². The topological polar surface area (TPSA) is 102 Å². The highest BCUT2D eigenvalue weighted by atomic mass is 16.5. The molecule has 4 rings (SSSR count). The van der Waals surface area contributed by atoms with Crippen molar-refractivity contribution in [3.05, 3.63) is 53.6 Å². The van der Waals surface area contributed by atoms with Gasteiger partial charge in [-0.15, -0.1) is 0 Å². The summed E-state index contributed by atoms with van der Waals surface area (Å²) in [6, 6.07) is 13.6. The van der Waals surface area contributed by atoms with Crippen LogP contribution in [0.2, 0.25) is 0 Å². The van der Waals surface area contributed by atoms with Crippen molar-refractivity contribution < 1.29 is 23.8 Å². The summed E-state index contributed by atoms with van der Waals surface area (Å²) in [5, 5.41) is 6.80. The molecule has 9 nitrogen and oxygen atoms in total. The number of pyridine rings is 1. The number of anilines is 2. The van der Waals surface area contributed by atoms with E-state index in [-0.39, 0.29) is 24.7 Å². The number of aryl methyl sites for hydroxylation is 1. The Hall–Kier alpha value is -3.85. The molecule has 0 unspecified atom stereocenters. The Kier molecular flexibility index (Phi) is 9.97. The third-order valence-corrected chi connectivity index (χ3v) is 6.54. The van der Waals surface area contributed by atoms with Crippen LogP contribution in [0.3, 0.4) is 0 Å². The van der Waals surface area contributed by atoms with Crippen molar-refractivity contribution in [2.75, 3.05) is 56.3 Å². The molecule has 2 N–H and O–H groups in total. The van der Waals surface area contributed by atoms with Gasteiger partial charge < -0.3 is 29.7 Å². The first-order chi connectivity index (χ1) is 19.0. The summed E-state index contributed by atoms with van der Waals surface area (Å²) in [5.41, 5.74) is 3.71. The number of amides is 2. The van der Waals surface area contributed by atoms with E-state index in [0.29, 0.717) is 56.6 Å². The number of morpholine rings is 1.